The molecule has 0 unspecified atom stereocenters. The summed E-state index contributed by atoms with van der Waals surface area (Å²) in [5.41, 5.74) is 2.96. The third kappa shape index (κ3) is 1.33. The molecule has 0 saturated heterocycles. The Labute approximate surface area is 71.9 Å². The molecule has 0 aliphatic heterocycles. The molecule has 0 aromatic carbocycles. The van der Waals surface area contributed by atoms with Crippen LogP contribution in [0.1, 0.15) is 20.3 Å². The first kappa shape index (κ1) is 8.78. The summed E-state index contributed by atoms with van der Waals surface area (Å²) in [6, 6.07) is 0. The fraction of sp³-hybridized carbons (Fsp3) is 0.300. The molecule has 1 N–H and O–H groups in total. The van der Waals surface area contributed by atoms with Crippen molar-refractivity contribution in [2.24, 2.45) is 0 Å². The first-order valence-corrected chi connectivity index (χ1v) is 3.83. The number of hydrogen-bond donors (Lipinski definition) is 1. The molecule has 64 valence electrons. The molecule has 0 fully saturated rings. The maximum absolute atomic E-state index is 10.8. The lowest BCUT2D eigenvalue weighted by molar-refractivity contribution is -0.132. The Morgan fingerprint density at radius 2 is 2.17 bits per heavy atom. The molecular weight excluding hydrogens is 152 g/mol. The van der Waals surface area contributed by atoms with Gasteiger partial charge in [-0.3, -0.25) is 0 Å². The summed E-state index contributed by atoms with van der Waals surface area (Å²) < 4.78 is 0. The van der Waals surface area contributed by atoms with Crippen molar-refractivity contribution in [1.29, 1.82) is 0 Å². The second kappa shape index (κ2) is 2.97. The number of carboxylic acids is 1. The molecule has 1 rings (SSSR count). The summed E-state index contributed by atoms with van der Waals surface area (Å²) in [7, 11) is 0. The van der Waals surface area contributed by atoms with Crippen molar-refractivity contribution in [1.82, 2.24) is 0 Å². The van der Waals surface area contributed by atoms with E-state index in [-0.39, 0.29) is 0 Å². The summed E-state index contributed by atoms with van der Waals surface area (Å²) in [6.45, 7) is 7.42. The van der Waals surface area contributed by atoms with Crippen molar-refractivity contribution in [3.63, 3.8) is 0 Å². The van der Waals surface area contributed by atoms with Gasteiger partial charge >= 0.3 is 5.97 Å². The number of carbonyl (C=O) groups is 1. The second-order valence-electron chi connectivity index (χ2n) is 3.00. The van der Waals surface area contributed by atoms with Gasteiger partial charge in [-0.15, -0.1) is 0 Å². The number of aliphatic carboxylic acids is 1. The van der Waals surface area contributed by atoms with Gasteiger partial charge in [-0.2, -0.15) is 0 Å². The van der Waals surface area contributed by atoms with E-state index in [1.807, 2.05) is 19.9 Å². The molecule has 0 spiro atoms. The zero-order valence-electron chi connectivity index (χ0n) is 7.35. The van der Waals surface area contributed by atoms with Crippen molar-refractivity contribution in [3.8, 4) is 0 Å². The van der Waals surface area contributed by atoms with E-state index >= 15 is 0 Å². The average molecular weight is 164 g/mol. The van der Waals surface area contributed by atoms with Crippen LogP contribution in [0.3, 0.4) is 0 Å². The Kier molecular flexibility index (Phi) is 2.18. The third-order valence-electron chi connectivity index (χ3n) is 2.17. The number of hydrogen-bond acceptors (Lipinski definition) is 1. The van der Waals surface area contributed by atoms with Gasteiger partial charge in [0.25, 0.3) is 0 Å². The molecule has 0 atom stereocenters. The van der Waals surface area contributed by atoms with Crippen LogP contribution in [0.2, 0.25) is 0 Å². The first-order chi connectivity index (χ1) is 5.54. The molecule has 0 radical (unpaired) electrons. The highest BCUT2D eigenvalue weighted by Gasteiger charge is 2.17. The molecular formula is C10H12O2. The van der Waals surface area contributed by atoms with E-state index in [1.54, 1.807) is 0 Å². The lowest BCUT2D eigenvalue weighted by atomic mass is 9.90. The molecule has 0 saturated carbocycles. The standard InChI is InChI=1S/C10H12O2/c1-6-4-5-7(2)9(8(6)3)10(11)12/h5H,1,4H2,2-3H3,(H,11,12). The summed E-state index contributed by atoms with van der Waals surface area (Å²) in [6.07, 6.45) is 2.67. The molecule has 1 aliphatic carbocycles. The maximum atomic E-state index is 10.8. The van der Waals surface area contributed by atoms with Crippen LogP contribution in [0.4, 0.5) is 0 Å². The fourth-order valence-electron chi connectivity index (χ4n) is 1.33. The summed E-state index contributed by atoms with van der Waals surface area (Å²) in [5.74, 6) is -0.859. The molecule has 0 amide bonds. The lowest BCUT2D eigenvalue weighted by Crippen LogP contribution is -2.09. The molecule has 0 aromatic rings. The van der Waals surface area contributed by atoms with Gasteiger partial charge < -0.3 is 5.11 Å². The van der Waals surface area contributed by atoms with Gasteiger partial charge in [0.1, 0.15) is 0 Å². The van der Waals surface area contributed by atoms with Gasteiger partial charge in [-0.05, 0) is 37.0 Å². The number of rotatable bonds is 1. The van der Waals surface area contributed by atoms with Gasteiger partial charge in [0.05, 0.1) is 5.57 Å². The number of allylic oxidation sites excluding steroid dienone is 3. The summed E-state index contributed by atoms with van der Waals surface area (Å²) >= 11 is 0. The minimum absolute atomic E-state index is 0.409. The van der Waals surface area contributed by atoms with E-state index in [0.717, 1.165) is 23.1 Å². The van der Waals surface area contributed by atoms with Gasteiger partial charge in [0, 0.05) is 0 Å². The van der Waals surface area contributed by atoms with E-state index in [0.29, 0.717) is 5.57 Å². The van der Waals surface area contributed by atoms with E-state index < -0.39 is 5.97 Å². The number of carboxylic acid groups (broad SMARTS) is 1. The van der Waals surface area contributed by atoms with E-state index in [4.69, 9.17) is 5.11 Å². The minimum Gasteiger partial charge on any atom is -0.478 e. The monoisotopic (exact) mass is 164 g/mol. The quantitative estimate of drug-likeness (QED) is 0.645. The van der Waals surface area contributed by atoms with E-state index in [9.17, 15) is 4.79 Å². The first-order valence-electron chi connectivity index (χ1n) is 3.83. The summed E-state index contributed by atoms with van der Waals surface area (Å²) in [5, 5.41) is 8.86. The Balaban J connectivity index is 3.21. The highest BCUT2D eigenvalue weighted by atomic mass is 16.4. The zero-order chi connectivity index (χ0) is 9.30. The van der Waals surface area contributed by atoms with Gasteiger partial charge in [0.2, 0.25) is 0 Å². The Morgan fingerprint density at radius 1 is 1.58 bits per heavy atom. The van der Waals surface area contributed by atoms with Crippen LogP contribution in [0.5, 0.6) is 0 Å². The van der Waals surface area contributed by atoms with Gasteiger partial charge in [-0.25, -0.2) is 4.79 Å². The van der Waals surface area contributed by atoms with Crippen LogP contribution in [-0.4, -0.2) is 11.1 Å². The average Bonchev–Trinajstić information content (AvgIpc) is 1.97. The second-order valence-corrected chi connectivity index (χ2v) is 3.00. The highest BCUT2D eigenvalue weighted by Crippen LogP contribution is 2.27. The normalized spacial score (nSPS) is 17.8. The molecule has 12 heavy (non-hydrogen) atoms. The lowest BCUT2D eigenvalue weighted by Gasteiger charge is -2.15. The SMILES string of the molecule is C=C1CC=C(C)C(C(=O)O)=C1C. The smallest absolute Gasteiger partial charge is 0.336 e. The fourth-order valence-corrected chi connectivity index (χ4v) is 1.33. The Bertz CT molecular complexity index is 306. The maximum Gasteiger partial charge on any atom is 0.336 e. The van der Waals surface area contributed by atoms with E-state index in [2.05, 4.69) is 6.58 Å². The van der Waals surface area contributed by atoms with Gasteiger partial charge in [-0.1, -0.05) is 12.7 Å². The van der Waals surface area contributed by atoms with Crippen LogP contribution >= 0.6 is 0 Å². The molecule has 2 nitrogen and oxygen atoms in total. The van der Waals surface area contributed by atoms with Crippen molar-refractivity contribution in [2.45, 2.75) is 20.3 Å². The predicted octanol–water partition coefficient (Wildman–Crippen LogP) is 2.29. The van der Waals surface area contributed by atoms with E-state index in [1.165, 1.54) is 0 Å². The van der Waals surface area contributed by atoms with Crippen LogP contribution in [0.15, 0.2) is 34.9 Å². The van der Waals surface area contributed by atoms with Gasteiger partial charge in [0.15, 0.2) is 0 Å². The van der Waals surface area contributed by atoms with Crippen LogP contribution < -0.4 is 0 Å². The topological polar surface area (TPSA) is 37.3 Å². The molecule has 0 bridgehead atoms. The van der Waals surface area contributed by atoms with Crippen LogP contribution in [0, 0.1) is 0 Å². The molecule has 2 heteroatoms. The van der Waals surface area contributed by atoms with Crippen molar-refractivity contribution < 1.29 is 9.90 Å². The van der Waals surface area contributed by atoms with Crippen LogP contribution in [0.25, 0.3) is 0 Å². The van der Waals surface area contributed by atoms with Crippen molar-refractivity contribution in [2.75, 3.05) is 0 Å². The Morgan fingerprint density at radius 3 is 2.58 bits per heavy atom. The largest absolute Gasteiger partial charge is 0.478 e. The van der Waals surface area contributed by atoms with Crippen molar-refractivity contribution in [3.05, 3.63) is 34.9 Å². The molecule has 0 heterocycles. The molecule has 1 aliphatic rings. The summed E-state index contributed by atoms with van der Waals surface area (Å²) in [4.78, 5) is 10.8. The predicted molar refractivity (Wildman–Crippen MR) is 47.8 cm³/mol. The minimum atomic E-state index is -0.859. The zero-order valence-corrected chi connectivity index (χ0v) is 7.35. The third-order valence-corrected chi connectivity index (χ3v) is 2.17. The molecule has 0 aromatic heterocycles. The van der Waals surface area contributed by atoms with Crippen molar-refractivity contribution >= 4 is 5.97 Å². The van der Waals surface area contributed by atoms with Crippen LogP contribution in [-0.2, 0) is 4.79 Å². The Hall–Kier alpha value is -1.31. The highest BCUT2D eigenvalue weighted by molar-refractivity contribution is 5.94.